The SMILES string of the molecule is CCCOc1cccc(C(NC)c2ccncc2F)c1. The Bertz CT molecular complexity index is 560. The molecule has 1 aromatic carbocycles. The molecule has 0 aliphatic heterocycles. The van der Waals surface area contributed by atoms with Gasteiger partial charge in [0.25, 0.3) is 0 Å². The molecule has 2 rings (SSSR count). The van der Waals surface area contributed by atoms with Gasteiger partial charge in [0.05, 0.1) is 18.8 Å². The molecule has 1 aromatic heterocycles. The smallest absolute Gasteiger partial charge is 0.146 e. The van der Waals surface area contributed by atoms with Crippen molar-refractivity contribution in [1.29, 1.82) is 0 Å². The van der Waals surface area contributed by atoms with E-state index in [4.69, 9.17) is 4.74 Å². The van der Waals surface area contributed by atoms with Gasteiger partial charge < -0.3 is 10.1 Å². The molecule has 1 unspecified atom stereocenters. The van der Waals surface area contributed by atoms with Crippen LogP contribution in [0.25, 0.3) is 0 Å². The summed E-state index contributed by atoms with van der Waals surface area (Å²) in [5, 5.41) is 3.14. The molecule has 0 radical (unpaired) electrons. The first-order valence-electron chi connectivity index (χ1n) is 6.75. The lowest BCUT2D eigenvalue weighted by Gasteiger charge is -2.18. The number of nitrogens with one attached hydrogen (secondary N) is 1. The number of benzene rings is 1. The topological polar surface area (TPSA) is 34.1 Å². The van der Waals surface area contributed by atoms with Crippen LogP contribution in [0.3, 0.4) is 0 Å². The number of rotatable bonds is 6. The molecular formula is C16H19FN2O. The molecule has 0 spiro atoms. The molecule has 3 nitrogen and oxygen atoms in total. The van der Waals surface area contributed by atoms with E-state index in [1.165, 1.54) is 6.20 Å². The fraction of sp³-hybridized carbons (Fsp3) is 0.312. The lowest BCUT2D eigenvalue weighted by Crippen LogP contribution is -2.19. The maximum Gasteiger partial charge on any atom is 0.146 e. The highest BCUT2D eigenvalue weighted by atomic mass is 19.1. The van der Waals surface area contributed by atoms with Crippen LogP contribution < -0.4 is 10.1 Å². The lowest BCUT2D eigenvalue weighted by atomic mass is 9.99. The number of hydrogen-bond donors (Lipinski definition) is 1. The molecule has 0 fully saturated rings. The third kappa shape index (κ3) is 3.33. The first-order chi connectivity index (χ1) is 9.76. The van der Waals surface area contributed by atoms with Gasteiger partial charge in [0, 0.05) is 11.8 Å². The fourth-order valence-electron chi connectivity index (χ4n) is 2.13. The van der Waals surface area contributed by atoms with E-state index in [-0.39, 0.29) is 11.9 Å². The van der Waals surface area contributed by atoms with Crippen LogP contribution in [-0.4, -0.2) is 18.6 Å². The van der Waals surface area contributed by atoms with Crippen LogP contribution in [0.15, 0.2) is 42.7 Å². The normalized spacial score (nSPS) is 12.2. The number of halogens is 1. The summed E-state index contributed by atoms with van der Waals surface area (Å²) >= 11 is 0. The molecule has 20 heavy (non-hydrogen) atoms. The van der Waals surface area contributed by atoms with Gasteiger partial charge in [-0.05, 0) is 37.2 Å². The Morgan fingerprint density at radius 3 is 2.90 bits per heavy atom. The van der Waals surface area contributed by atoms with Crippen molar-refractivity contribution in [3.8, 4) is 5.75 Å². The highest BCUT2D eigenvalue weighted by Crippen LogP contribution is 2.26. The van der Waals surface area contributed by atoms with E-state index in [1.807, 2.05) is 31.3 Å². The van der Waals surface area contributed by atoms with Crippen LogP contribution in [-0.2, 0) is 0 Å². The predicted octanol–water partition coefficient (Wildman–Crippen LogP) is 3.32. The molecule has 0 bridgehead atoms. The highest BCUT2D eigenvalue weighted by Gasteiger charge is 2.16. The van der Waals surface area contributed by atoms with E-state index in [0.29, 0.717) is 12.2 Å². The maximum absolute atomic E-state index is 13.9. The number of pyridine rings is 1. The van der Waals surface area contributed by atoms with Gasteiger partial charge >= 0.3 is 0 Å². The van der Waals surface area contributed by atoms with E-state index in [1.54, 1.807) is 12.3 Å². The lowest BCUT2D eigenvalue weighted by molar-refractivity contribution is 0.317. The van der Waals surface area contributed by atoms with Crippen LogP contribution in [0.1, 0.15) is 30.5 Å². The molecule has 2 aromatic rings. The van der Waals surface area contributed by atoms with Crippen molar-refractivity contribution in [3.63, 3.8) is 0 Å². The van der Waals surface area contributed by atoms with Crippen LogP contribution in [0, 0.1) is 5.82 Å². The van der Waals surface area contributed by atoms with Crippen molar-refractivity contribution in [2.75, 3.05) is 13.7 Å². The Kier molecular flexibility index (Phi) is 5.07. The zero-order valence-electron chi connectivity index (χ0n) is 11.8. The fourth-order valence-corrected chi connectivity index (χ4v) is 2.13. The van der Waals surface area contributed by atoms with Crippen LogP contribution in [0.2, 0.25) is 0 Å². The molecule has 1 heterocycles. The number of nitrogens with zero attached hydrogens (tertiary/aromatic N) is 1. The van der Waals surface area contributed by atoms with Gasteiger partial charge in [-0.3, -0.25) is 4.98 Å². The highest BCUT2D eigenvalue weighted by molar-refractivity contribution is 5.36. The Hall–Kier alpha value is -1.94. The Balaban J connectivity index is 2.30. The standard InChI is InChI=1S/C16H19FN2O/c1-3-9-20-13-6-4-5-12(10-13)16(18-2)14-7-8-19-11-15(14)17/h4-8,10-11,16,18H,3,9H2,1-2H3. The molecule has 1 atom stereocenters. The van der Waals surface area contributed by atoms with Gasteiger partial charge in [-0.1, -0.05) is 19.1 Å². The monoisotopic (exact) mass is 274 g/mol. The van der Waals surface area contributed by atoms with E-state index in [9.17, 15) is 4.39 Å². The average Bonchev–Trinajstić information content (AvgIpc) is 2.48. The average molecular weight is 274 g/mol. The Morgan fingerprint density at radius 2 is 2.20 bits per heavy atom. The van der Waals surface area contributed by atoms with Gasteiger partial charge in [0.2, 0.25) is 0 Å². The van der Waals surface area contributed by atoms with E-state index in [2.05, 4.69) is 17.2 Å². The second-order valence-electron chi connectivity index (χ2n) is 4.54. The molecule has 0 saturated carbocycles. The quantitative estimate of drug-likeness (QED) is 0.877. The first-order valence-corrected chi connectivity index (χ1v) is 6.75. The first kappa shape index (κ1) is 14.5. The van der Waals surface area contributed by atoms with Gasteiger partial charge in [0.1, 0.15) is 11.6 Å². The summed E-state index contributed by atoms with van der Waals surface area (Å²) in [5.74, 6) is 0.491. The van der Waals surface area contributed by atoms with Crippen LogP contribution in [0.4, 0.5) is 4.39 Å². The van der Waals surface area contributed by atoms with Crippen LogP contribution in [0.5, 0.6) is 5.75 Å². The second kappa shape index (κ2) is 7.01. The van der Waals surface area contributed by atoms with Gasteiger partial charge in [-0.15, -0.1) is 0 Å². The largest absolute Gasteiger partial charge is 0.494 e. The summed E-state index contributed by atoms with van der Waals surface area (Å²) < 4.78 is 19.5. The van der Waals surface area contributed by atoms with Gasteiger partial charge in [-0.25, -0.2) is 4.39 Å². The Labute approximate surface area is 118 Å². The van der Waals surface area contributed by atoms with Crippen molar-refractivity contribution in [3.05, 3.63) is 59.7 Å². The van der Waals surface area contributed by atoms with E-state index >= 15 is 0 Å². The minimum atomic E-state index is -0.313. The second-order valence-corrected chi connectivity index (χ2v) is 4.54. The van der Waals surface area contributed by atoms with E-state index in [0.717, 1.165) is 17.7 Å². The molecule has 1 N–H and O–H groups in total. The van der Waals surface area contributed by atoms with Gasteiger partial charge in [0.15, 0.2) is 0 Å². The molecule has 0 aliphatic rings. The minimum absolute atomic E-state index is 0.219. The third-order valence-electron chi connectivity index (χ3n) is 3.07. The van der Waals surface area contributed by atoms with Crippen molar-refractivity contribution in [2.45, 2.75) is 19.4 Å². The summed E-state index contributed by atoms with van der Waals surface area (Å²) in [7, 11) is 1.81. The summed E-state index contributed by atoms with van der Waals surface area (Å²) in [6, 6.07) is 9.20. The summed E-state index contributed by atoms with van der Waals surface area (Å²) in [4.78, 5) is 3.79. The predicted molar refractivity (Wildman–Crippen MR) is 77.3 cm³/mol. The summed E-state index contributed by atoms with van der Waals surface area (Å²) in [6.07, 6.45) is 3.79. The van der Waals surface area contributed by atoms with Crippen molar-refractivity contribution in [1.82, 2.24) is 10.3 Å². The summed E-state index contributed by atoms with van der Waals surface area (Å²) in [6.45, 7) is 2.74. The van der Waals surface area contributed by atoms with Crippen molar-refractivity contribution in [2.24, 2.45) is 0 Å². The third-order valence-corrected chi connectivity index (χ3v) is 3.07. The Morgan fingerprint density at radius 1 is 1.35 bits per heavy atom. The van der Waals surface area contributed by atoms with E-state index < -0.39 is 0 Å². The maximum atomic E-state index is 13.9. The van der Waals surface area contributed by atoms with Crippen molar-refractivity contribution >= 4 is 0 Å². The molecule has 0 amide bonds. The molecule has 0 saturated heterocycles. The number of ether oxygens (including phenoxy) is 1. The minimum Gasteiger partial charge on any atom is -0.494 e. The molecule has 0 aliphatic carbocycles. The van der Waals surface area contributed by atoms with Crippen LogP contribution >= 0.6 is 0 Å². The van der Waals surface area contributed by atoms with Crippen molar-refractivity contribution < 1.29 is 9.13 Å². The number of hydrogen-bond acceptors (Lipinski definition) is 3. The number of aromatic nitrogens is 1. The zero-order chi connectivity index (χ0) is 14.4. The summed E-state index contributed by atoms with van der Waals surface area (Å²) in [5.41, 5.74) is 1.54. The molecule has 106 valence electrons. The molecular weight excluding hydrogens is 255 g/mol. The zero-order valence-corrected chi connectivity index (χ0v) is 11.8. The molecule has 4 heteroatoms. The van der Waals surface area contributed by atoms with Gasteiger partial charge in [-0.2, -0.15) is 0 Å².